The first-order chi connectivity index (χ1) is 14.9. The molecule has 1 amide bonds. The molecule has 5 nitrogen and oxygen atoms in total. The summed E-state index contributed by atoms with van der Waals surface area (Å²) in [6.07, 6.45) is 4.07. The maximum Gasteiger partial charge on any atom is 0.281 e. The van der Waals surface area contributed by atoms with E-state index in [-0.39, 0.29) is 5.91 Å². The SMILES string of the molecule is CCOc1ccc(N2C(=O)/C(=C/c3cn(CC(C)C)c4ccccc34)N(C)C2=S)cc1. The Morgan fingerprint density at radius 3 is 2.48 bits per heavy atom. The second kappa shape index (κ2) is 8.55. The van der Waals surface area contributed by atoms with Crippen LogP contribution in [0.5, 0.6) is 5.75 Å². The highest BCUT2D eigenvalue weighted by atomic mass is 32.1. The first-order valence-corrected chi connectivity index (χ1v) is 11.0. The number of ether oxygens (including phenoxy) is 1. The van der Waals surface area contributed by atoms with E-state index in [0.717, 1.165) is 28.9 Å². The number of amides is 1. The molecule has 1 aromatic heterocycles. The van der Waals surface area contributed by atoms with Crippen molar-refractivity contribution in [2.24, 2.45) is 5.92 Å². The summed E-state index contributed by atoms with van der Waals surface area (Å²) in [6.45, 7) is 7.87. The third-order valence-electron chi connectivity index (χ3n) is 5.34. The van der Waals surface area contributed by atoms with Crippen molar-refractivity contribution >= 4 is 45.9 Å². The van der Waals surface area contributed by atoms with Gasteiger partial charge in [0.05, 0.1) is 12.3 Å². The number of rotatable bonds is 6. The van der Waals surface area contributed by atoms with Gasteiger partial charge in [0.15, 0.2) is 5.11 Å². The van der Waals surface area contributed by atoms with Crippen LogP contribution in [-0.4, -0.2) is 34.1 Å². The lowest BCUT2D eigenvalue weighted by Gasteiger charge is -2.16. The van der Waals surface area contributed by atoms with Crippen molar-refractivity contribution in [3.05, 3.63) is 66.0 Å². The summed E-state index contributed by atoms with van der Waals surface area (Å²) in [5.41, 5.74) is 3.48. The molecular formula is C25H27N3O2S. The number of thiocarbonyl (C=S) groups is 1. The highest BCUT2D eigenvalue weighted by molar-refractivity contribution is 7.80. The summed E-state index contributed by atoms with van der Waals surface area (Å²) in [5, 5.41) is 1.59. The number of carbonyl (C=O) groups excluding carboxylic acids is 1. The lowest BCUT2D eigenvalue weighted by Crippen LogP contribution is -2.31. The molecule has 160 valence electrons. The van der Waals surface area contributed by atoms with Crippen LogP contribution in [0.3, 0.4) is 0 Å². The molecule has 0 saturated carbocycles. The Labute approximate surface area is 188 Å². The third-order valence-corrected chi connectivity index (χ3v) is 5.80. The number of benzene rings is 2. The molecule has 1 saturated heterocycles. The van der Waals surface area contributed by atoms with E-state index in [2.05, 4.69) is 36.7 Å². The van der Waals surface area contributed by atoms with E-state index in [9.17, 15) is 4.79 Å². The molecule has 1 aliphatic rings. The van der Waals surface area contributed by atoms with Gasteiger partial charge in [-0.05, 0) is 61.5 Å². The first-order valence-electron chi connectivity index (χ1n) is 10.5. The van der Waals surface area contributed by atoms with E-state index in [1.807, 2.05) is 56.4 Å². The largest absolute Gasteiger partial charge is 0.494 e. The average molecular weight is 434 g/mol. The number of carbonyl (C=O) groups is 1. The van der Waals surface area contributed by atoms with Gasteiger partial charge in [-0.2, -0.15) is 0 Å². The quantitative estimate of drug-likeness (QED) is 0.391. The number of nitrogens with zero attached hydrogens (tertiary/aromatic N) is 3. The normalized spacial score (nSPS) is 15.7. The Hall–Kier alpha value is -3.12. The van der Waals surface area contributed by atoms with Crippen LogP contribution in [0.2, 0.25) is 0 Å². The van der Waals surface area contributed by atoms with E-state index in [1.54, 1.807) is 9.80 Å². The summed E-state index contributed by atoms with van der Waals surface area (Å²) in [5.74, 6) is 1.16. The Bertz CT molecular complexity index is 1160. The van der Waals surface area contributed by atoms with Gasteiger partial charge >= 0.3 is 0 Å². The molecule has 31 heavy (non-hydrogen) atoms. The Balaban J connectivity index is 1.72. The predicted molar refractivity (Wildman–Crippen MR) is 130 cm³/mol. The molecule has 0 unspecified atom stereocenters. The topological polar surface area (TPSA) is 37.7 Å². The van der Waals surface area contributed by atoms with Gasteiger partial charge in [-0.3, -0.25) is 9.69 Å². The van der Waals surface area contributed by atoms with Gasteiger partial charge in [-0.1, -0.05) is 32.0 Å². The standard InChI is InChI=1S/C25H27N3O2S/c1-5-30-20-12-10-19(11-13-20)28-24(29)23(26(4)25(28)31)14-18-16-27(15-17(2)3)22-9-7-6-8-21(18)22/h6-14,16-17H,5,15H2,1-4H3/b23-14-. The van der Waals surface area contributed by atoms with Crippen molar-refractivity contribution in [2.45, 2.75) is 27.3 Å². The smallest absolute Gasteiger partial charge is 0.281 e. The lowest BCUT2D eigenvalue weighted by molar-refractivity contribution is -0.114. The van der Waals surface area contributed by atoms with Crippen LogP contribution in [0.15, 0.2) is 60.4 Å². The van der Waals surface area contributed by atoms with Crippen LogP contribution in [0, 0.1) is 5.92 Å². The van der Waals surface area contributed by atoms with Crippen molar-refractivity contribution in [2.75, 3.05) is 18.6 Å². The van der Waals surface area contributed by atoms with E-state index in [0.29, 0.717) is 23.3 Å². The minimum absolute atomic E-state index is 0.127. The Morgan fingerprint density at radius 2 is 1.81 bits per heavy atom. The minimum Gasteiger partial charge on any atom is -0.494 e. The van der Waals surface area contributed by atoms with Crippen molar-refractivity contribution in [3.8, 4) is 5.75 Å². The van der Waals surface area contributed by atoms with Crippen molar-refractivity contribution in [3.63, 3.8) is 0 Å². The first kappa shape index (κ1) is 21.1. The molecule has 1 fully saturated rings. The zero-order valence-electron chi connectivity index (χ0n) is 18.3. The minimum atomic E-state index is -0.127. The van der Waals surface area contributed by atoms with Crippen molar-refractivity contribution < 1.29 is 9.53 Å². The number of para-hydroxylation sites is 1. The number of hydrogen-bond donors (Lipinski definition) is 0. The van der Waals surface area contributed by atoms with Crippen molar-refractivity contribution in [1.29, 1.82) is 0 Å². The zero-order chi connectivity index (χ0) is 22.1. The van der Waals surface area contributed by atoms with Crippen LogP contribution in [-0.2, 0) is 11.3 Å². The fourth-order valence-electron chi connectivity index (χ4n) is 3.92. The summed E-state index contributed by atoms with van der Waals surface area (Å²) < 4.78 is 7.77. The van der Waals surface area contributed by atoms with Crippen LogP contribution in [0.25, 0.3) is 17.0 Å². The molecule has 2 aromatic carbocycles. The second-order valence-electron chi connectivity index (χ2n) is 8.09. The summed E-state index contributed by atoms with van der Waals surface area (Å²) in [6, 6.07) is 15.7. The van der Waals surface area contributed by atoms with E-state index >= 15 is 0 Å². The van der Waals surface area contributed by atoms with Crippen molar-refractivity contribution in [1.82, 2.24) is 9.47 Å². The number of hydrogen-bond acceptors (Lipinski definition) is 3. The molecule has 3 aromatic rings. The molecule has 0 radical (unpaired) electrons. The second-order valence-corrected chi connectivity index (χ2v) is 8.45. The molecule has 1 aliphatic heterocycles. The van der Waals surface area contributed by atoms with Crippen LogP contribution >= 0.6 is 12.2 Å². The third kappa shape index (κ3) is 3.95. The van der Waals surface area contributed by atoms with E-state index in [4.69, 9.17) is 17.0 Å². The predicted octanol–water partition coefficient (Wildman–Crippen LogP) is 5.30. The van der Waals surface area contributed by atoms with Gasteiger partial charge in [-0.15, -0.1) is 0 Å². The molecule has 0 N–H and O–H groups in total. The molecule has 2 heterocycles. The van der Waals surface area contributed by atoms with Gasteiger partial charge in [-0.25, -0.2) is 0 Å². The molecule has 6 heteroatoms. The molecule has 0 aliphatic carbocycles. The lowest BCUT2D eigenvalue weighted by atomic mass is 10.1. The molecule has 0 bridgehead atoms. The van der Waals surface area contributed by atoms with Gasteiger partial charge in [0.25, 0.3) is 5.91 Å². The molecule has 0 atom stereocenters. The zero-order valence-corrected chi connectivity index (χ0v) is 19.1. The Morgan fingerprint density at radius 1 is 1.10 bits per heavy atom. The van der Waals surface area contributed by atoms with E-state index < -0.39 is 0 Å². The average Bonchev–Trinajstić information content (AvgIpc) is 3.19. The van der Waals surface area contributed by atoms with Crippen LogP contribution in [0.1, 0.15) is 26.3 Å². The molecular weight excluding hydrogens is 406 g/mol. The number of likely N-dealkylation sites (N-methyl/N-ethyl adjacent to an activating group) is 1. The summed E-state index contributed by atoms with van der Waals surface area (Å²) >= 11 is 5.61. The van der Waals surface area contributed by atoms with Gasteiger partial charge in [0, 0.05) is 36.3 Å². The fourth-order valence-corrected chi connectivity index (χ4v) is 4.21. The maximum absolute atomic E-state index is 13.4. The maximum atomic E-state index is 13.4. The number of anilines is 1. The van der Waals surface area contributed by atoms with Gasteiger partial charge in [0.1, 0.15) is 11.4 Å². The molecule has 4 rings (SSSR count). The summed E-state index contributed by atoms with van der Waals surface area (Å²) in [7, 11) is 1.84. The van der Waals surface area contributed by atoms with Gasteiger partial charge < -0.3 is 14.2 Å². The van der Waals surface area contributed by atoms with Crippen LogP contribution in [0.4, 0.5) is 5.69 Å². The van der Waals surface area contributed by atoms with Gasteiger partial charge in [0.2, 0.25) is 0 Å². The Kier molecular flexibility index (Phi) is 5.83. The monoisotopic (exact) mass is 433 g/mol. The highest BCUT2D eigenvalue weighted by Crippen LogP contribution is 2.31. The summed E-state index contributed by atoms with van der Waals surface area (Å²) in [4.78, 5) is 16.7. The number of aromatic nitrogens is 1. The number of fused-ring (bicyclic) bond motifs is 1. The van der Waals surface area contributed by atoms with E-state index in [1.165, 1.54) is 5.52 Å². The van der Waals surface area contributed by atoms with Crippen LogP contribution < -0.4 is 9.64 Å². The fraction of sp³-hybridized carbons (Fsp3) is 0.280. The molecule has 0 spiro atoms. The highest BCUT2D eigenvalue weighted by Gasteiger charge is 2.37.